The molecule has 0 amide bonds. The third-order valence-electron chi connectivity index (χ3n) is 2.99. The molecule has 1 saturated heterocycles. The van der Waals surface area contributed by atoms with E-state index in [2.05, 4.69) is 10.2 Å². The van der Waals surface area contributed by atoms with Gasteiger partial charge in [-0.2, -0.15) is 0 Å². The summed E-state index contributed by atoms with van der Waals surface area (Å²) in [6, 6.07) is 0. The smallest absolute Gasteiger partial charge is 0.0107 e. The average molecular weight is 168 g/mol. The van der Waals surface area contributed by atoms with E-state index in [0.29, 0.717) is 0 Å². The van der Waals surface area contributed by atoms with E-state index in [-0.39, 0.29) is 0 Å². The van der Waals surface area contributed by atoms with Crippen molar-refractivity contribution in [1.29, 1.82) is 0 Å². The van der Waals surface area contributed by atoms with Crippen LogP contribution in [0.5, 0.6) is 0 Å². The van der Waals surface area contributed by atoms with E-state index in [0.717, 1.165) is 5.92 Å². The largest absolute Gasteiger partial charge is 0.314 e. The molecule has 2 heteroatoms. The number of piperazine rings is 1. The Morgan fingerprint density at radius 2 is 1.92 bits per heavy atom. The molecule has 0 aromatic carbocycles. The molecule has 1 aliphatic heterocycles. The normalized spacial score (nSPS) is 26.0. The molecule has 12 heavy (non-hydrogen) atoms. The lowest BCUT2D eigenvalue weighted by atomic mass is 10.2. The fourth-order valence-electron chi connectivity index (χ4n) is 1.94. The fourth-order valence-corrected chi connectivity index (χ4v) is 1.94. The molecule has 70 valence electrons. The monoisotopic (exact) mass is 168 g/mol. The van der Waals surface area contributed by atoms with Gasteiger partial charge in [0.25, 0.3) is 0 Å². The number of hydrogen-bond donors (Lipinski definition) is 1. The third-order valence-corrected chi connectivity index (χ3v) is 2.99. The average Bonchev–Trinajstić information content (AvgIpc) is 2.90. The minimum absolute atomic E-state index is 1.12. The highest BCUT2D eigenvalue weighted by Gasteiger charge is 2.20. The molecule has 0 bridgehead atoms. The number of rotatable bonds is 4. The Bertz CT molecular complexity index is 126. The SMILES string of the molecule is C(CC1CC1)CN1CCNCC1. The van der Waals surface area contributed by atoms with Crippen molar-refractivity contribution < 1.29 is 0 Å². The highest BCUT2D eigenvalue weighted by Crippen LogP contribution is 2.33. The standard InChI is InChI=1S/C10H20N2/c1(2-10-3-4-10)7-12-8-5-11-6-9-12/h10-11H,1-9H2. The Morgan fingerprint density at radius 1 is 1.17 bits per heavy atom. The van der Waals surface area contributed by atoms with E-state index in [1.54, 1.807) is 0 Å². The van der Waals surface area contributed by atoms with E-state index in [1.807, 2.05) is 0 Å². The summed E-state index contributed by atoms with van der Waals surface area (Å²) in [7, 11) is 0. The van der Waals surface area contributed by atoms with Gasteiger partial charge < -0.3 is 10.2 Å². The first-order valence-corrected chi connectivity index (χ1v) is 5.38. The number of nitrogens with zero attached hydrogens (tertiary/aromatic N) is 1. The Labute approximate surface area is 75.3 Å². The molecule has 1 saturated carbocycles. The van der Waals surface area contributed by atoms with Gasteiger partial charge in [0.1, 0.15) is 0 Å². The molecule has 0 unspecified atom stereocenters. The Morgan fingerprint density at radius 3 is 2.58 bits per heavy atom. The van der Waals surface area contributed by atoms with Crippen LogP contribution in [0.3, 0.4) is 0 Å². The molecule has 2 fully saturated rings. The Kier molecular flexibility index (Phi) is 3.01. The van der Waals surface area contributed by atoms with E-state index < -0.39 is 0 Å². The second-order valence-electron chi connectivity index (χ2n) is 4.18. The lowest BCUT2D eigenvalue weighted by molar-refractivity contribution is 0.235. The maximum Gasteiger partial charge on any atom is 0.0107 e. The quantitative estimate of drug-likeness (QED) is 0.676. The van der Waals surface area contributed by atoms with E-state index >= 15 is 0 Å². The molecule has 2 nitrogen and oxygen atoms in total. The highest BCUT2D eigenvalue weighted by molar-refractivity contribution is 4.74. The third kappa shape index (κ3) is 2.76. The molecule has 0 atom stereocenters. The molecule has 2 aliphatic rings. The first kappa shape index (κ1) is 8.52. The van der Waals surface area contributed by atoms with Crippen molar-refractivity contribution in [3.05, 3.63) is 0 Å². The van der Waals surface area contributed by atoms with Crippen LogP contribution >= 0.6 is 0 Å². The van der Waals surface area contributed by atoms with E-state index in [9.17, 15) is 0 Å². The summed E-state index contributed by atoms with van der Waals surface area (Å²) < 4.78 is 0. The number of nitrogens with one attached hydrogen (secondary N) is 1. The van der Waals surface area contributed by atoms with E-state index in [4.69, 9.17) is 0 Å². The van der Waals surface area contributed by atoms with Crippen LogP contribution in [0, 0.1) is 5.92 Å². The van der Waals surface area contributed by atoms with Gasteiger partial charge >= 0.3 is 0 Å². The van der Waals surface area contributed by atoms with Gasteiger partial charge in [-0.05, 0) is 25.3 Å². The number of hydrogen-bond acceptors (Lipinski definition) is 2. The van der Waals surface area contributed by atoms with Crippen molar-refractivity contribution in [3.8, 4) is 0 Å². The summed E-state index contributed by atoms with van der Waals surface area (Å²) in [6.45, 7) is 6.28. The van der Waals surface area contributed by atoms with Crippen LogP contribution < -0.4 is 5.32 Å². The molecule has 1 aliphatic carbocycles. The van der Waals surface area contributed by atoms with Gasteiger partial charge in [-0.1, -0.05) is 12.8 Å². The summed E-state index contributed by atoms with van der Waals surface area (Å²) in [5.41, 5.74) is 0. The van der Waals surface area contributed by atoms with Crippen molar-refractivity contribution in [2.75, 3.05) is 32.7 Å². The second-order valence-corrected chi connectivity index (χ2v) is 4.18. The Hall–Kier alpha value is -0.0800. The zero-order chi connectivity index (χ0) is 8.23. The van der Waals surface area contributed by atoms with Crippen molar-refractivity contribution in [3.63, 3.8) is 0 Å². The van der Waals surface area contributed by atoms with Crippen LogP contribution in [0.2, 0.25) is 0 Å². The molecular formula is C10H20N2. The van der Waals surface area contributed by atoms with Crippen LogP contribution in [-0.4, -0.2) is 37.6 Å². The fraction of sp³-hybridized carbons (Fsp3) is 1.00. The second kappa shape index (κ2) is 4.24. The van der Waals surface area contributed by atoms with Crippen molar-refractivity contribution in [1.82, 2.24) is 10.2 Å². The van der Waals surface area contributed by atoms with Crippen LogP contribution in [0.25, 0.3) is 0 Å². The molecule has 0 radical (unpaired) electrons. The molecule has 2 rings (SSSR count). The zero-order valence-electron chi connectivity index (χ0n) is 7.89. The molecular weight excluding hydrogens is 148 g/mol. The van der Waals surface area contributed by atoms with E-state index in [1.165, 1.54) is 58.4 Å². The summed E-state index contributed by atoms with van der Waals surface area (Å²) in [5.74, 6) is 1.12. The molecule has 1 heterocycles. The van der Waals surface area contributed by atoms with Gasteiger partial charge in [0.15, 0.2) is 0 Å². The molecule has 0 aromatic rings. The van der Waals surface area contributed by atoms with Crippen LogP contribution in [0.4, 0.5) is 0 Å². The lowest BCUT2D eigenvalue weighted by Gasteiger charge is -2.26. The van der Waals surface area contributed by atoms with Crippen LogP contribution in [0.1, 0.15) is 25.7 Å². The lowest BCUT2D eigenvalue weighted by Crippen LogP contribution is -2.43. The van der Waals surface area contributed by atoms with Crippen molar-refractivity contribution >= 4 is 0 Å². The summed E-state index contributed by atoms with van der Waals surface area (Å²) >= 11 is 0. The maximum atomic E-state index is 3.38. The van der Waals surface area contributed by atoms with Gasteiger partial charge in [-0.25, -0.2) is 0 Å². The van der Waals surface area contributed by atoms with Gasteiger partial charge in [-0.15, -0.1) is 0 Å². The highest BCUT2D eigenvalue weighted by atomic mass is 15.2. The van der Waals surface area contributed by atoms with Gasteiger partial charge in [0.2, 0.25) is 0 Å². The van der Waals surface area contributed by atoms with Crippen LogP contribution in [-0.2, 0) is 0 Å². The summed E-state index contributed by atoms with van der Waals surface area (Å²) in [6.07, 6.45) is 5.96. The predicted molar refractivity (Wildman–Crippen MR) is 51.3 cm³/mol. The minimum Gasteiger partial charge on any atom is -0.314 e. The van der Waals surface area contributed by atoms with Crippen molar-refractivity contribution in [2.24, 2.45) is 5.92 Å². The van der Waals surface area contributed by atoms with Gasteiger partial charge in [0, 0.05) is 26.2 Å². The summed E-state index contributed by atoms with van der Waals surface area (Å²) in [5, 5.41) is 3.38. The molecule has 0 spiro atoms. The maximum absolute atomic E-state index is 3.38. The van der Waals surface area contributed by atoms with Crippen molar-refractivity contribution in [2.45, 2.75) is 25.7 Å². The molecule has 0 aromatic heterocycles. The predicted octanol–water partition coefficient (Wildman–Crippen LogP) is 1.08. The summed E-state index contributed by atoms with van der Waals surface area (Å²) in [4.78, 5) is 2.60. The topological polar surface area (TPSA) is 15.3 Å². The zero-order valence-corrected chi connectivity index (χ0v) is 7.89. The van der Waals surface area contributed by atoms with Gasteiger partial charge in [-0.3, -0.25) is 0 Å². The van der Waals surface area contributed by atoms with Crippen LogP contribution in [0.15, 0.2) is 0 Å². The first-order chi connectivity index (χ1) is 5.95. The first-order valence-electron chi connectivity index (χ1n) is 5.38. The van der Waals surface area contributed by atoms with Gasteiger partial charge in [0.05, 0.1) is 0 Å². The minimum atomic E-state index is 1.12. The Balaban J connectivity index is 1.52. The molecule has 1 N–H and O–H groups in total.